The van der Waals surface area contributed by atoms with Crippen LogP contribution in [0.25, 0.3) is 0 Å². The first-order chi connectivity index (χ1) is 9.16. The van der Waals surface area contributed by atoms with Gasteiger partial charge in [-0.25, -0.2) is 8.42 Å². The maximum absolute atomic E-state index is 12.6. The molecule has 0 radical (unpaired) electrons. The van der Waals surface area contributed by atoms with Crippen LogP contribution >= 0.6 is 0 Å². The molecule has 1 unspecified atom stereocenters. The molecule has 0 amide bonds. The molecule has 0 aromatic carbocycles. The minimum absolute atomic E-state index is 0.103. The molecule has 0 saturated carbocycles. The van der Waals surface area contributed by atoms with Gasteiger partial charge in [-0.1, -0.05) is 20.8 Å². The fourth-order valence-corrected chi connectivity index (χ4v) is 4.34. The summed E-state index contributed by atoms with van der Waals surface area (Å²) in [4.78, 5) is 0.177. The summed E-state index contributed by atoms with van der Waals surface area (Å²) < 4.78 is 32.1. The second-order valence-corrected chi connectivity index (χ2v) is 8.41. The summed E-state index contributed by atoms with van der Waals surface area (Å²) >= 11 is 0. The lowest BCUT2D eigenvalue weighted by Crippen LogP contribution is -2.31. The molecule has 1 N–H and O–H groups in total. The van der Waals surface area contributed by atoms with Crippen LogP contribution < -0.4 is 0 Å². The Hall–Kier alpha value is -0.850. The third-order valence-corrected chi connectivity index (χ3v) is 6.05. The number of aliphatic hydroxyl groups excluding tert-OH is 1. The van der Waals surface area contributed by atoms with Crippen molar-refractivity contribution in [1.82, 2.24) is 4.31 Å². The van der Waals surface area contributed by atoms with Gasteiger partial charge in [0.05, 0.1) is 0 Å². The Morgan fingerprint density at radius 2 is 2.10 bits per heavy atom. The van der Waals surface area contributed by atoms with Gasteiger partial charge in [0.15, 0.2) is 0 Å². The van der Waals surface area contributed by atoms with Crippen molar-refractivity contribution in [2.45, 2.75) is 45.6 Å². The molecular weight excluding hydrogens is 278 g/mol. The summed E-state index contributed by atoms with van der Waals surface area (Å²) in [6.07, 6.45) is 0.881. The number of aliphatic hydroxyl groups is 1. The molecule has 1 aromatic rings. The Bertz CT molecular complexity index is 583. The van der Waals surface area contributed by atoms with Gasteiger partial charge in [0.2, 0.25) is 10.0 Å². The van der Waals surface area contributed by atoms with Crippen molar-refractivity contribution < 1.29 is 17.9 Å². The van der Waals surface area contributed by atoms with Gasteiger partial charge in [-0.2, -0.15) is 4.31 Å². The number of hydrogen-bond acceptors (Lipinski definition) is 4. The second kappa shape index (κ2) is 5.16. The van der Waals surface area contributed by atoms with Crippen LogP contribution in [-0.2, 0) is 16.6 Å². The third-order valence-electron chi connectivity index (χ3n) is 4.07. The Kier molecular flexibility index (Phi) is 4.01. The van der Waals surface area contributed by atoms with E-state index in [2.05, 4.69) is 20.8 Å². The SMILES string of the molecule is Cc1oc(CO)cc1S(=O)(=O)N1CCC(C(C)(C)C)C1. The summed E-state index contributed by atoms with van der Waals surface area (Å²) in [5, 5.41) is 9.05. The molecule has 1 aromatic heterocycles. The van der Waals surface area contributed by atoms with Gasteiger partial charge >= 0.3 is 0 Å². The average molecular weight is 301 g/mol. The van der Waals surface area contributed by atoms with Crippen molar-refractivity contribution in [3.05, 3.63) is 17.6 Å². The Labute approximate surface area is 120 Å². The van der Waals surface area contributed by atoms with E-state index in [-0.39, 0.29) is 22.7 Å². The van der Waals surface area contributed by atoms with E-state index in [1.807, 2.05) is 0 Å². The molecule has 0 bridgehead atoms. The topological polar surface area (TPSA) is 70.8 Å². The highest BCUT2D eigenvalue weighted by Crippen LogP contribution is 2.36. The Morgan fingerprint density at radius 1 is 1.45 bits per heavy atom. The molecule has 6 heteroatoms. The summed E-state index contributed by atoms with van der Waals surface area (Å²) in [5.41, 5.74) is 0.103. The van der Waals surface area contributed by atoms with Gasteiger partial charge < -0.3 is 9.52 Å². The lowest BCUT2D eigenvalue weighted by Gasteiger charge is -2.26. The number of sulfonamides is 1. The van der Waals surface area contributed by atoms with Gasteiger partial charge in [0.25, 0.3) is 0 Å². The van der Waals surface area contributed by atoms with Crippen LogP contribution in [-0.4, -0.2) is 30.9 Å². The normalized spacial score (nSPS) is 21.6. The van der Waals surface area contributed by atoms with Crippen molar-refractivity contribution in [1.29, 1.82) is 0 Å². The zero-order valence-corrected chi connectivity index (χ0v) is 13.3. The second-order valence-electron chi connectivity index (χ2n) is 6.51. The van der Waals surface area contributed by atoms with Gasteiger partial charge in [-0.3, -0.25) is 0 Å². The lowest BCUT2D eigenvalue weighted by molar-refractivity contribution is 0.244. The molecule has 1 fully saturated rings. The van der Waals surface area contributed by atoms with E-state index in [0.717, 1.165) is 6.42 Å². The van der Waals surface area contributed by atoms with E-state index in [1.165, 1.54) is 10.4 Å². The van der Waals surface area contributed by atoms with Crippen LogP contribution in [0.15, 0.2) is 15.4 Å². The Morgan fingerprint density at radius 3 is 2.55 bits per heavy atom. The monoisotopic (exact) mass is 301 g/mol. The number of nitrogens with zero attached hydrogens (tertiary/aromatic N) is 1. The number of furan rings is 1. The highest BCUT2D eigenvalue weighted by molar-refractivity contribution is 7.89. The molecule has 5 nitrogen and oxygen atoms in total. The minimum Gasteiger partial charge on any atom is -0.462 e. The van der Waals surface area contributed by atoms with Crippen LogP contribution in [0.4, 0.5) is 0 Å². The molecule has 1 saturated heterocycles. The summed E-state index contributed by atoms with van der Waals surface area (Å²) in [6, 6.07) is 1.43. The summed E-state index contributed by atoms with van der Waals surface area (Å²) in [6.45, 7) is 8.83. The van der Waals surface area contributed by atoms with Crippen LogP contribution in [0, 0.1) is 18.3 Å². The molecule has 1 atom stereocenters. The van der Waals surface area contributed by atoms with Gasteiger partial charge in [0, 0.05) is 19.2 Å². The lowest BCUT2D eigenvalue weighted by atomic mass is 9.80. The molecule has 2 heterocycles. The maximum Gasteiger partial charge on any atom is 0.246 e. The van der Waals surface area contributed by atoms with Crippen LogP contribution in [0.3, 0.4) is 0 Å². The van der Waals surface area contributed by atoms with Gasteiger partial charge in [-0.05, 0) is 24.7 Å². The van der Waals surface area contributed by atoms with E-state index in [1.54, 1.807) is 6.92 Å². The van der Waals surface area contributed by atoms with E-state index in [0.29, 0.717) is 24.8 Å². The number of hydrogen-bond donors (Lipinski definition) is 1. The molecular formula is C14H23NO4S. The number of aryl methyl sites for hydroxylation is 1. The van der Waals surface area contributed by atoms with Crippen molar-refractivity contribution in [3.63, 3.8) is 0 Å². The van der Waals surface area contributed by atoms with E-state index >= 15 is 0 Å². The van der Waals surface area contributed by atoms with Crippen molar-refractivity contribution in [3.8, 4) is 0 Å². The summed E-state index contributed by atoms with van der Waals surface area (Å²) in [5.74, 6) is 0.989. The van der Waals surface area contributed by atoms with E-state index in [4.69, 9.17) is 9.52 Å². The first kappa shape index (κ1) is 15.5. The van der Waals surface area contributed by atoms with Crippen molar-refractivity contribution in [2.24, 2.45) is 11.3 Å². The van der Waals surface area contributed by atoms with E-state index < -0.39 is 10.0 Å². The van der Waals surface area contributed by atoms with Gasteiger partial charge in [0.1, 0.15) is 23.0 Å². The quantitative estimate of drug-likeness (QED) is 0.928. The molecule has 2 rings (SSSR count). The van der Waals surface area contributed by atoms with Gasteiger partial charge in [-0.15, -0.1) is 0 Å². The number of rotatable bonds is 3. The van der Waals surface area contributed by atoms with Crippen molar-refractivity contribution in [2.75, 3.05) is 13.1 Å². The average Bonchev–Trinajstić information content (AvgIpc) is 2.94. The largest absolute Gasteiger partial charge is 0.462 e. The van der Waals surface area contributed by atoms with Crippen molar-refractivity contribution >= 4 is 10.0 Å². The molecule has 1 aliphatic heterocycles. The standard InChI is InChI=1S/C14H23NO4S/c1-10-13(7-12(9-16)19-10)20(17,18)15-6-5-11(8-15)14(2,3)4/h7,11,16H,5-6,8-9H2,1-4H3. The smallest absolute Gasteiger partial charge is 0.246 e. The minimum atomic E-state index is -3.52. The molecule has 114 valence electrons. The van der Waals surface area contributed by atoms with Crippen LogP contribution in [0.2, 0.25) is 0 Å². The zero-order chi connectivity index (χ0) is 15.1. The maximum atomic E-state index is 12.6. The first-order valence-corrected chi connectivity index (χ1v) is 8.30. The van der Waals surface area contributed by atoms with Crippen LogP contribution in [0.5, 0.6) is 0 Å². The third kappa shape index (κ3) is 2.77. The molecule has 0 aliphatic carbocycles. The fraction of sp³-hybridized carbons (Fsp3) is 0.714. The zero-order valence-electron chi connectivity index (χ0n) is 12.5. The van der Waals surface area contributed by atoms with E-state index in [9.17, 15) is 8.42 Å². The highest BCUT2D eigenvalue weighted by atomic mass is 32.2. The molecule has 20 heavy (non-hydrogen) atoms. The summed E-state index contributed by atoms with van der Waals surface area (Å²) in [7, 11) is -3.52. The molecule has 0 spiro atoms. The highest BCUT2D eigenvalue weighted by Gasteiger charge is 2.38. The Balaban J connectivity index is 2.26. The predicted molar refractivity (Wildman–Crippen MR) is 75.7 cm³/mol. The first-order valence-electron chi connectivity index (χ1n) is 6.86. The molecule has 1 aliphatic rings. The fourth-order valence-electron chi connectivity index (χ4n) is 2.65. The van der Waals surface area contributed by atoms with Crippen LogP contribution in [0.1, 0.15) is 38.7 Å². The predicted octanol–water partition coefficient (Wildman–Crippen LogP) is 2.14.